The topological polar surface area (TPSA) is 83.3 Å². The number of guanidine groups is 1. The smallest absolute Gasteiger partial charge is 0.251 e. The van der Waals surface area contributed by atoms with E-state index in [1.807, 2.05) is 62.0 Å². The van der Waals surface area contributed by atoms with Crippen LogP contribution >= 0.6 is 0 Å². The van der Waals surface area contributed by atoms with E-state index in [2.05, 4.69) is 50.3 Å². The third-order valence-electron chi connectivity index (χ3n) is 4.77. The molecule has 1 heterocycles. The van der Waals surface area contributed by atoms with Crippen LogP contribution in [-0.4, -0.2) is 40.8 Å². The summed E-state index contributed by atoms with van der Waals surface area (Å²) in [5, 5.41) is 13.9. The highest BCUT2D eigenvalue weighted by molar-refractivity contribution is 5.94. The van der Waals surface area contributed by atoms with Crippen molar-refractivity contribution < 1.29 is 4.79 Å². The molecule has 1 aromatic heterocycles. The maximum Gasteiger partial charge on any atom is 0.251 e. The van der Waals surface area contributed by atoms with Gasteiger partial charge >= 0.3 is 0 Å². The lowest BCUT2D eigenvalue weighted by molar-refractivity contribution is 0.0919. The third-order valence-corrected chi connectivity index (χ3v) is 4.77. The molecule has 7 heteroatoms. The Morgan fingerprint density at radius 3 is 2.47 bits per heavy atom. The fourth-order valence-electron chi connectivity index (χ4n) is 3.20. The van der Waals surface area contributed by atoms with Crippen LogP contribution in [0.4, 0.5) is 0 Å². The first-order valence-electron chi connectivity index (χ1n) is 10.8. The summed E-state index contributed by atoms with van der Waals surface area (Å²) in [5.41, 5.74) is 3.69. The van der Waals surface area contributed by atoms with E-state index in [1.54, 1.807) is 13.2 Å². The molecular formula is C25H32N6O. The molecule has 0 spiro atoms. The number of carbonyl (C=O) groups is 1. The van der Waals surface area contributed by atoms with Crippen LogP contribution in [0.3, 0.4) is 0 Å². The third kappa shape index (κ3) is 6.97. The van der Waals surface area contributed by atoms with Crippen LogP contribution < -0.4 is 16.0 Å². The molecule has 0 aliphatic carbocycles. The van der Waals surface area contributed by atoms with Crippen molar-refractivity contribution in [1.82, 2.24) is 25.7 Å². The van der Waals surface area contributed by atoms with Crippen LogP contribution in [0.2, 0.25) is 0 Å². The maximum absolute atomic E-state index is 12.4. The molecule has 0 fully saturated rings. The molecule has 32 heavy (non-hydrogen) atoms. The molecule has 0 radical (unpaired) electrons. The molecule has 3 aromatic rings. The van der Waals surface area contributed by atoms with Crippen LogP contribution in [0.25, 0.3) is 5.69 Å². The number of carbonyl (C=O) groups excluding carboxylic acids is 1. The van der Waals surface area contributed by atoms with Gasteiger partial charge in [-0.25, -0.2) is 4.68 Å². The van der Waals surface area contributed by atoms with Crippen LogP contribution in [-0.2, 0) is 13.0 Å². The standard InChI is InChI=1S/C25H32N6O/c1-25(2,3)30-23(32)21-8-5-7-20(17-21)18-28-24(26-4)27-15-13-19-9-11-22(12-10-19)31-16-6-14-29-31/h5-12,14,16-17H,13,15,18H2,1-4H3,(H,30,32)(H2,26,27,28). The second-order valence-electron chi connectivity index (χ2n) is 8.62. The van der Waals surface area contributed by atoms with Gasteiger partial charge in [-0.2, -0.15) is 5.10 Å². The van der Waals surface area contributed by atoms with Gasteiger partial charge in [0.15, 0.2) is 5.96 Å². The van der Waals surface area contributed by atoms with Gasteiger partial charge in [-0.3, -0.25) is 9.79 Å². The first kappa shape index (κ1) is 23.1. The van der Waals surface area contributed by atoms with Crippen LogP contribution in [0.1, 0.15) is 42.3 Å². The summed E-state index contributed by atoms with van der Waals surface area (Å²) in [4.78, 5) is 16.7. The minimum atomic E-state index is -0.267. The van der Waals surface area contributed by atoms with Gasteiger partial charge in [0.25, 0.3) is 5.91 Å². The Morgan fingerprint density at radius 2 is 1.81 bits per heavy atom. The molecule has 168 valence electrons. The zero-order chi connectivity index (χ0) is 23.0. The van der Waals surface area contributed by atoms with Crippen molar-refractivity contribution in [2.75, 3.05) is 13.6 Å². The van der Waals surface area contributed by atoms with Crippen molar-refractivity contribution in [2.24, 2.45) is 4.99 Å². The number of amides is 1. The maximum atomic E-state index is 12.4. The van der Waals surface area contributed by atoms with E-state index < -0.39 is 0 Å². The summed E-state index contributed by atoms with van der Waals surface area (Å²) in [6.07, 6.45) is 4.58. The first-order valence-corrected chi connectivity index (χ1v) is 10.8. The van der Waals surface area contributed by atoms with Crippen molar-refractivity contribution in [3.05, 3.63) is 83.7 Å². The molecule has 2 aromatic carbocycles. The molecule has 0 bridgehead atoms. The van der Waals surface area contributed by atoms with E-state index in [4.69, 9.17) is 0 Å². The van der Waals surface area contributed by atoms with E-state index >= 15 is 0 Å². The molecule has 0 aliphatic heterocycles. The van der Waals surface area contributed by atoms with Gasteiger partial charge in [-0.15, -0.1) is 0 Å². The molecule has 0 saturated heterocycles. The van der Waals surface area contributed by atoms with Crippen molar-refractivity contribution in [3.63, 3.8) is 0 Å². The molecular weight excluding hydrogens is 400 g/mol. The number of nitrogens with one attached hydrogen (secondary N) is 3. The van der Waals surface area contributed by atoms with Crippen molar-refractivity contribution >= 4 is 11.9 Å². The molecule has 0 atom stereocenters. The Bertz CT molecular complexity index is 1030. The van der Waals surface area contributed by atoms with E-state index in [-0.39, 0.29) is 11.4 Å². The Kier molecular flexibility index (Phi) is 7.65. The largest absolute Gasteiger partial charge is 0.356 e. The van der Waals surface area contributed by atoms with Crippen molar-refractivity contribution in [2.45, 2.75) is 39.3 Å². The summed E-state index contributed by atoms with van der Waals surface area (Å²) in [5.74, 6) is 0.656. The molecule has 0 saturated carbocycles. The Morgan fingerprint density at radius 1 is 1.03 bits per heavy atom. The zero-order valence-electron chi connectivity index (χ0n) is 19.2. The Hall–Kier alpha value is -3.61. The first-order chi connectivity index (χ1) is 15.3. The predicted molar refractivity (Wildman–Crippen MR) is 129 cm³/mol. The molecule has 0 unspecified atom stereocenters. The number of aromatic nitrogens is 2. The number of rotatable bonds is 7. The summed E-state index contributed by atoms with van der Waals surface area (Å²) in [7, 11) is 1.75. The lowest BCUT2D eigenvalue weighted by Gasteiger charge is -2.20. The SMILES string of the molecule is CN=C(NCCc1ccc(-n2cccn2)cc1)NCc1cccc(C(=O)NC(C)(C)C)c1. The van der Waals surface area contributed by atoms with Crippen LogP contribution in [0.15, 0.2) is 72.0 Å². The van der Waals surface area contributed by atoms with Gasteiger partial charge in [0.2, 0.25) is 0 Å². The van der Waals surface area contributed by atoms with Gasteiger partial charge in [0, 0.05) is 43.6 Å². The number of nitrogens with zero attached hydrogens (tertiary/aromatic N) is 3. The lowest BCUT2D eigenvalue weighted by Crippen LogP contribution is -2.40. The van der Waals surface area contributed by atoms with Crippen LogP contribution in [0.5, 0.6) is 0 Å². The van der Waals surface area contributed by atoms with Gasteiger partial charge < -0.3 is 16.0 Å². The average molecular weight is 433 g/mol. The number of aliphatic imine (C=N–C) groups is 1. The highest BCUT2D eigenvalue weighted by atomic mass is 16.1. The van der Waals surface area contributed by atoms with Gasteiger partial charge in [0.05, 0.1) is 5.69 Å². The van der Waals surface area contributed by atoms with E-state index in [9.17, 15) is 4.79 Å². The molecule has 0 aliphatic rings. The number of benzene rings is 2. The Balaban J connectivity index is 1.47. The quantitative estimate of drug-likeness (QED) is 0.395. The number of hydrogen-bond donors (Lipinski definition) is 3. The summed E-state index contributed by atoms with van der Waals surface area (Å²) >= 11 is 0. The summed E-state index contributed by atoms with van der Waals surface area (Å²) in [6.45, 7) is 7.25. The van der Waals surface area contributed by atoms with Gasteiger partial charge in [-0.1, -0.05) is 24.3 Å². The highest BCUT2D eigenvalue weighted by Crippen LogP contribution is 2.10. The fourth-order valence-corrected chi connectivity index (χ4v) is 3.20. The molecule has 3 N–H and O–H groups in total. The van der Waals surface area contributed by atoms with E-state index in [0.717, 1.165) is 30.2 Å². The average Bonchev–Trinajstić information content (AvgIpc) is 3.30. The predicted octanol–water partition coefficient (Wildman–Crippen LogP) is 3.31. The van der Waals surface area contributed by atoms with Crippen molar-refractivity contribution in [1.29, 1.82) is 0 Å². The second-order valence-corrected chi connectivity index (χ2v) is 8.62. The minimum Gasteiger partial charge on any atom is -0.356 e. The van der Waals surface area contributed by atoms with Crippen molar-refractivity contribution in [3.8, 4) is 5.69 Å². The Labute approximate surface area is 190 Å². The summed E-state index contributed by atoms with van der Waals surface area (Å²) < 4.78 is 1.84. The fraction of sp³-hybridized carbons (Fsp3) is 0.320. The molecule has 1 amide bonds. The van der Waals surface area contributed by atoms with Gasteiger partial charge in [0.1, 0.15) is 0 Å². The van der Waals surface area contributed by atoms with Gasteiger partial charge in [-0.05, 0) is 68.7 Å². The minimum absolute atomic E-state index is 0.0690. The lowest BCUT2D eigenvalue weighted by atomic mass is 10.1. The highest BCUT2D eigenvalue weighted by Gasteiger charge is 2.15. The van der Waals surface area contributed by atoms with E-state index in [1.165, 1.54) is 5.56 Å². The summed E-state index contributed by atoms with van der Waals surface area (Å²) in [6, 6.07) is 17.9. The van der Waals surface area contributed by atoms with E-state index in [0.29, 0.717) is 12.1 Å². The second kappa shape index (κ2) is 10.6. The van der Waals surface area contributed by atoms with Crippen LogP contribution in [0, 0.1) is 0 Å². The molecule has 3 rings (SSSR count). The normalized spacial score (nSPS) is 11.8. The number of hydrogen-bond acceptors (Lipinski definition) is 3. The monoisotopic (exact) mass is 432 g/mol. The molecule has 7 nitrogen and oxygen atoms in total. The zero-order valence-corrected chi connectivity index (χ0v) is 19.2.